The van der Waals surface area contributed by atoms with E-state index in [1.165, 1.54) is 6.20 Å². The van der Waals surface area contributed by atoms with Crippen molar-refractivity contribution in [3.05, 3.63) is 69.8 Å². The summed E-state index contributed by atoms with van der Waals surface area (Å²) >= 11 is 0. The molecule has 1 aromatic heterocycles. The molecule has 150 valence electrons. The number of aromatic nitrogens is 3. The maximum absolute atomic E-state index is 12.7. The van der Waals surface area contributed by atoms with Crippen LogP contribution in [0.3, 0.4) is 0 Å². The van der Waals surface area contributed by atoms with Gasteiger partial charge in [-0.2, -0.15) is 10.1 Å². The smallest absolute Gasteiger partial charge is 0.365 e. The molecule has 0 saturated carbocycles. The molecule has 0 unspecified atom stereocenters. The number of aryl methyl sites for hydroxylation is 3. The Kier molecular flexibility index (Phi) is 5.77. The van der Waals surface area contributed by atoms with E-state index in [0.29, 0.717) is 11.4 Å². The van der Waals surface area contributed by atoms with Gasteiger partial charge in [-0.05, 0) is 63.1 Å². The molecule has 3 aromatic rings. The first-order chi connectivity index (χ1) is 13.8. The molecule has 1 amide bonds. The number of carbonyl (C=O) groups excluding carboxylic acids is 1. The molecule has 1 N–H and O–H groups in total. The quantitative estimate of drug-likeness (QED) is 0.719. The molecule has 29 heavy (non-hydrogen) atoms. The van der Waals surface area contributed by atoms with Crippen LogP contribution in [-0.2, 0) is 4.79 Å². The van der Waals surface area contributed by atoms with E-state index in [0.717, 1.165) is 32.6 Å². The summed E-state index contributed by atoms with van der Waals surface area (Å²) in [6.07, 6.45) is 1.48. The van der Waals surface area contributed by atoms with Gasteiger partial charge in [0.25, 0.3) is 0 Å². The van der Waals surface area contributed by atoms with Crippen molar-refractivity contribution in [1.29, 1.82) is 0 Å². The molecule has 0 radical (unpaired) electrons. The van der Waals surface area contributed by atoms with Gasteiger partial charge in [-0.25, -0.2) is 9.48 Å². The first-order valence-corrected chi connectivity index (χ1v) is 9.29. The zero-order valence-corrected chi connectivity index (χ0v) is 17.2. The number of nitrogens with one attached hydrogen (secondary N) is 1. The highest BCUT2D eigenvalue weighted by atomic mass is 16.5. The molecule has 0 aliphatic heterocycles. The van der Waals surface area contributed by atoms with E-state index in [4.69, 9.17) is 4.74 Å². The summed E-state index contributed by atoms with van der Waals surface area (Å²) < 4.78 is 6.22. The van der Waals surface area contributed by atoms with E-state index in [1.807, 2.05) is 32.9 Å². The van der Waals surface area contributed by atoms with E-state index in [1.54, 1.807) is 38.3 Å². The van der Waals surface area contributed by atoms with Gasteiger partial charge in [-0.3, -0.25) is 4.79 Å². The zero-order chi connectivity index (χ0) is 21.1. The van der Waals surface area contributed by atoms with Crippen molar-refractivity contribution in [1.82, 2.24) is 14.8 Å². The molecule has 0 spiro atoms. The van der Waals surface area contributed by atoms with Gasteiger partial charge in [0.05, 0.1) is 19.0 Å². The largest absolute Gasteiger partial charge is 0.497 e. The van der Waals surface area contributed by atoms with Crippen molar-refractivity contribution >= 4 is 11.6 Å². The van der Waals surface area contributed by atoms with Crippen molar-refractivity contribution < 1.29 is 9.53 Å². The molecule has 2 aromatic carbocycles. The topological polar surface area (TPSA) is 86.1 Å². The van der Waals surface area contributed by atoms with Crippen LogP contribution >= 0.6 is 0 Å². The maximum Gasteiger partial charge on any atom is 0.365 e. The van der Waals surface area contributed by atoms with Crippen molar-refractivity contribution in [2.75, 3.05) is 12.4 Å². The Morgan fingerprint density at radius 3 is 2.28 bits per heavy atom. The summed E-state index contributed by atoms with van der Waals surface area (Å²) in [7, 11) is 1.59. The number of anilines is 1. The van der Waals surface area contributed by atoms with E-state index in [9.17, 15) is 9.59 Å². The number of carbonyl (C=O) groups is 1. The number of ether oxygens (including phenoxy) is 1. The number of hydrogen-bond donors (Lipinski definition) is 1. The van der Waals surface area contributed by atoms with Gasteiger partial charge in [0.1, 0.15) is 11.8 Å². The molecule has 1 atom stereocenters. The first-order valence-electron chi connectivity index (χ1n) is 9.29. The van der Waals surface area contributed by atoms with Gasteiger partial charge >= 0.3 is 5.69 Å². The number of amides is 1. The summed E-state index contributed by atoms with van der Waals surface area (Å²) in [5.41, 5.74) is 4.41. The molecule has 1 heterocycles. The van der Waals surface area contributed by atoms with Gasteiger partial charge in [0.2, 0.25) is 5.91 Å². The maximum atomic E-state index is 12.7. The fourth-order valence-corrected chi connectivity index (χ4v) is 3.23. The minimum absolute atomic E-state index is 0.325. The van der Waals surface area contributed by atoms with Crippen molar-refractivity contribution in [3.63, 3.8) is 0 Å². The average molecular weight is 392 g/mol. The number of hydrogen-bond acceptors (Lipinski definition) is 5. The Balaban J connectivity index is 1.83. The molecule has 3 rings (SSSR count). The molecule has 0 saturated heterocycles. The van der Waals surface area contributed by atoms with E-state index < -0.39 is 11.7 Å². The van der Waals surface area contributed by atoms with Gasteiger partial charge in [-0.1, -0.05) is 17.7 Å². The highest BCUT2D eigenvalue weighted by Gasteiger charge is 2.20. The number of nitrogens with zero attached hydrogens (tertiary/aromatic N) is 3. The minimum Gasteiger partial charge on any atom is -0.497 e. The van der Waals surface area contributed by atoms with Crippen LogP contribution in [0.1, 0.15) is 29.7 Å². The van der Waals surface area contributed by atoms with Crippen LogP contribution in [0.4, 0.5) is 5.69 Å². The lowest BCUT2D eigenvalue weighted by atomic mass is 10.0. The minimum atomic E-state index is -0.806. The van der Waals surface area contributed by atoms with E-state index in [-0.39, 0.29) is 5.91 Å². The van der Waals surface area contributed by atoms with Crippen LogP contribution in [0.2, 0.25) is 0 Å². The average Bonchev–Trinajstić information content (AvgIpc) is 2.70. The lowest BCUT2D eigenvalue weighted by Crippen LogP contribution is -2.35. The summed E-state index contributed by atoms with van der Waals surface area (Å²) in [5, 5.41) is 7.08. The summed E-state index contributed by atoms with van der Waals surface area (Å²) in [4.78, 5) is 29.3. The Hall–Kier alpha value is -3.48. The molecule has 0 fully saturated rings. The molecule has 7 nitrogen and oxygen atoms in total. The Morgan fingerprint density at radius 1 is 1.10 bits per heavy atom. The monoisotopic (exact) mass is 392 g/mol. The summed E-state index contributed by atoms with van der Waals surface area (Å²) in [5.74, 6) is 0.385. The lowest BCUT2D eigenvalue weighted by Gasteiger charge is -2.17. The second-order valence-electron chi connectivity index (χ2n) is 7.04. The van der Waals surface area contributed by atoms with Gasteiger partial charge < -0.3 is 10.1 Å². The predicted octanol–water partition coefficient (Wildman–Crippen LogP) is 3.44. The fourth-order valence-electron chi connectivity index (χ4n) is 3.23. The van der Waals surface area contributed by atoms with Crippen molar-refractivity contribution in [2.24, 2.45) is 0 Å². The summed E-state index contributed by atoms with van der Waals surface area (Å²) in [6.45, 7) is 7.51. The first kappa shape index (κ1) is 20.3. The third kappa shape index (κ3) is 4.34. The van der Waals surface area contributed by atoms with Crippen LogP contribution < -0.4 is 15.7 Å². The highest BCUT2D eigenvalue weighted by molar-refractivity contribution is 5.94. The van der Waals surface area contributed by atoms with Crippen LogP contribution in [0.5, 0.6) is 5.75 Å². The standard InChI is InChI=1S/C22H24N4O3/c1-13-10-14(2)20(15(3)11-13)25-21(27)16(4)26-22(28)24-19(12-23-26)17-6-8-18(29-5)9-7-17/h6-12,16H,1-5H3,(H,25,27)/t16-/m1/s1. The van der Waals surface area contributed by atoms with Gasteiger partial charge in [-0.15, -0.1) is 0 Å². The Labute approximate surface area is 169 Å². The fraction of sp³-hybridized carbons (Fsp3) is 0.273. The van der Waals surface area contributed by atoms with Gasteiger partial charge in [0, 0.05) is 11.3 Å². The highest BCUT2D eigenvalue weighted by Crippen LogP contribution is 2.23. The third-order valence-electron chi connectivity index (χ3n) is 4.77. The third-order valence-corrected chi connectivity index (χ3v) is 4.77. The SMILES string of the molecule is COc1ccc(-c2cnn([C@H](C)C(=O)Nc3c(C)cc(C)cc3C)c(=O)n2)cc1. The second-order valence-corrected chi connectivity index (χ2v) is 7.04. The van der Waals surface area contributed by atoms with Crippen LogP contribution in [0.15, 0.2) is 47.4 Å². The lowest BCUT2D eigenvalue weighted by molar-refractivity contribution is -0.119. The number of rotatable bonds is 5. The van der Waals surface area contributed by atoms with Crippen LogP contribution in [-0.4, -0.2) is 27.8 Å². The zero-order valence-electron chi connectivity index (χ0n) is 17.2. The van der Waals surface area contributed by atoms with Crippen LogP contribution in [0, 0.1) is 20.8 Å². The normalized spacial score (nSPS) is 11.8. The second kappa shape index (κ2) is 8.26. The predicted molar refractivity (Wildman–Crippen MR) is 112 cm³/mol. The molecular formula is C22H24N4O3. The number of benzene rings is 2. The molecule has 0 bridgehead atoms. The molecule has 0 aliphatic carbocycles. The Bertz CT molecular complexity index is 1080. The molecule has 7 heteroatoms. The van der Waals surface area contributed by atoms with Crippen molar-refractivity contribution in [2.45, 2.75) is 33.7 Å². The van der Waals surface area contributed by atoms with Crippen molar-refractivity contribution in [3.8, 4) is 17.0 Å². The van der Waals surface area contributed by atoms with E-state index in [2.05, 4.69) is 15.4 Å². The van der Waals surface area contributed by atoms with E-state index >= 15 is 0 Å². The Morgan fingerprint density at radius 2 is 1.72 bits per heavy atom. The number of methoxy groups -OCH3 is 1. The van der Waals surface area contributed by atoms with Crippen LogP contribution in [0.25, 0.3) is 11.3 Å². The molecule has 0 aliphatic rings. The molecular weight excluding hydrogens is 368 g/mol. The summed E-state index contributed by atoms with van der Waals surface area (Å²) in [6, 6.07) is 10.4. The van der Waals surface area contributed by atoms with Gasteiger partial charge in [0.15, 0.2) is 0 Å².